The maximum atomic E-state index is 11.9. The van der Waals surface area contributed by atoms with Crippen LogP contribution in [0.3, 0.4) is 0 Å². The van der Waals surface area contributed by atoms with Crippen molar-refractivity contribution in [2.45, 2.75) is 32.6 Å². The molecule has 1 heterocycles. The Hall–Kier alpha value is -1.03. The predicted molar refractivity (Wildman–Crippen MR) is 76.4 cm³/mol. The average molecular weight is 312 g/mol. The van der Waals surface area contributed by atoms with Gasteiger partial charge in [-0.1, -0.05) is 36.7 Å². The smallest absolute Gasteiger partial charge is 0.230 e. The van der Waals surface area contributed by atoms with Crippen molar-refractivity contribution in [3.63, 3.8) is 0 Å². The summed E-state index contributed by atoms with van der Waals surface area (Å²) in [6.45, 7) is 6.88. The topological polar surface area (TPSA) is 29.5 Å². The summed E-state index contributed by atoms with van der Waals surface area (Å²) in [4.78, 5) is 13.6. The van der Waals surface area contributed by atoms with Crippen molar-refractivity contribution in [2.24, 2.45) is 0 Å². The van der Waals surface area contributed by atoms with E-state index in [4.69, 9.17) is 4.74 Å². The molecule has 1 aromatic carbocycles. The Balaban J connectivity index is 2.66. The van der Waals surface area contributed by atoms with Gasteiger partial charge in [-0.3, -0.25) is 4.79 Å². The van der Waals surface area contributed by atoms with Gasteiger partial charge in [-0.15, -0.1) is 0 Å². The summed E-state index contributed by atoms with van der Waals surface area (Å²) >= 11 is 3.51. The molecule has 1 aliphatic heterocycles. The molecule has 0 saturated heterocycles. The van der Waals surface area contributed by atoms with Crippen LogP contribution in [-0.2, 0) is 10.2 Å². The van der Waals surface area contributed by atoms with Crippen LogP contribution < -0.4 is 9.64 Å². The van der Waals surface area contributed by atoms with Gasteiger partial charge in [0.1, 0.15) is 5.75 Å². The van der Waals surface area contributed by atoms with Gasteiger partial charge in [-0.2, -0.15) is 0 Å². The summed E-state index contributed by atoms with van der Waals surface area (Å²) in [5.74, 6) is 0.922. The van der Waals surface area contributed by atoms with Gasteiger partial charge in [-0.25, -0.2) is 0 Å². The van der Waals surface area contributed by atoms with Gasteiger partial charge in [0.2, 0.25) is 5.91 Å². The summed E-state index contributed by atoms with van der Waals surface area (Å²) in [6.07, 6.45) is 0.423. The van der Waals surface area contributed by atoms with E-state index in [9.17, 15) is 4.79 Å². The fourth-order valence-corrected chi connectivity index (χ4v) is 2.53. The lowest BCUT2D eigenvalue weighted by atomic mass is 9.86. The lowest BCUT2D eigenvalue weighted by molar-refractivity contribution is -0.118. The van der Waals surface area contributed by atoms with Crippen molar-refractivity contribution in [1.29, 1.82) is 0 Å². The Morgan fingerprint density at radius 3 is 2.61 bits per heavy atom. The Morgan fingerprint density at radius 1 is 1.33 bits per heavy atom. The number of hydrogen-bond donors (Lipinski definition) is 0. The SMILES string of the molecule is CN1C(=O)CCOc2c1cc(Br)cc2C(C)(C)C. The first kappa shape index (κ1) is 13.4. The van der Waals surface area contributed by atoms with E-state index in [-0.39, 0.29) is 11.3 Å². The first-order valence-electron chi connectivity index (χ1n) is 6.04. The Labute approximate surface area is 116 Å². The predicted octanol–water partition coefficient (Wildman–Crippen LogP) is 3.49. The van der Waals surface area contributed by atoms with Crippen molar-refractivity contribution in [3.05, 3.63) is 22.2 Å². The lowest BCUT2D eigenvalue weighted by Gasteiger charge is -2.26. The summed E-state index contributed by atoms with van der Waals surface area (Å²) in [6, 6.07) is 4.01. The number of carbonyl (C=O) groups excluding carboxylic acids is 1. The van der Waals surface area contributed by atoms with Crippen LogP contribution in [0, 0.1) is 0 Å². The second-order valence-electron chi connectivity index (χ2n) is 5.60. The Kier molecular flexibility index (Phi) is 3.41. The molecule has 98 valence electrons. The fourth-order valence-electron chi connectivity index (χ4n) is 2.08. The third-order valence-electron chi connectivity index (χ3n) is 3.14. The van der Waals surface area contributed by atoms with Crippen LogP contribution in [0.1, 0.15) is 32.8 Å². The standard InChI is InChI=1S/C14H18BrNO2/c1-14(2,3)10-7-9(15)8-11-13(10)18-6-5-12(17)16(11)4/h7-8H,5-6H2,1-4H3. The van der Waals surface area contributed by atoms with Crippen LogP contribution in [0.5, 0.6) is 5.75 Å². The third kappa shape index (κ3) is 2.39. The molecule has 3 nitrogen and oxygen atoms in total. The van der Waals surface area contributed by atoms with Crippen molar-refractivity contribution in [1.82, 2.24) is 0 Å². The van der Waals surface area contributed by atoms with E-state index < -0.39 is 0 Å². The highest BCUT2D eigenvalue weighted by molar-refractivity contribution is 9.10. The molecule has 0 spiro atoms. The van der Waals surface area contributed by atoms with Crippen molar-refractivity contribution >= 4 is 27.5 Å². The van der Waals surface area contributed by atoms with Crippen LogP contribution in [0.15, 0.2) is 16.6 Å². The molecule has 1 aromatic rings. The largest absolute Gasteiger partial charge is 0.491 e. The highest BCUT2D eigenvalue weighted by atomic mass is 79.9. The van der Waals surface area contributed by atoms with Crippen LogP contribution in [0.2, 0.25) is 0 Å². The molecule has 0 unspecified atom stereocenters. The number of ether oxygens (including phenoxy) is 1. The maximum absolute atomic E-state index is 11.9. The highest BCUT2D eigenvalue weighted by Gasteiger charge is 2.27. The summed E-state index contributed by atoms with van der Waals surface area (Å²) in [5, 5.41) is 0. The van der Waals surface area contributed by atoms with Gasteiger partial charge >= 0.3 is 0 Å². The van der Waals surface area contributed by atoms with E-state index in [1.165, 1.54) is 0 Å². The van der Waals surface area contributed by atoms with Crippen molar-refractivity contribution < 1.29 is 9.53 Å². The molecule has 0 atom stereocenters. The number of halogens is 1. The average Bonchev–Trinajstić information content (AvgIpc) is 2.39. The van der Waals surface area contributed by atoms with E-state index >= 15 is 0 Å². The highest BCUT2D eigenvalue weighted by Crippen LogP contribution is 2.42. The molecule has 18 heavy (non-hydrogen) atoms. The zero-order chi connectivity index (χ0) is 13.5. The molecular weight excluding hydrogens is 294 g/mol. The van der Waals surface area contributed by atoms with E-state index in [0.717, 1.165) is 21.5 Å². The van der Waals surface area contributed by atoms with Gasteiger partial charge in [0, 0.05) is 17.1 Å². The minimum absolute atomic E-state index is 0.0257. The third-order valence-corrected chi connectivity index (χ3v) is 3.60. The van der Waals surface area contributed by atoms with Crippen LogP contribution in [0.25, 0.3) is 0 Å². The van der Waals surface area contributed by atoms with Crippen molar-refractivity contribution in [2.75, 3.05) is 18.6 Å². The molecule has 1 aliphatic rings. The maximum Gasteiger partial charge on any atom is 0.230 e. The minimum atomic E-state index is -0.0257. The molecule has 0 fully saturated rings. The first-order valence-corrected chi connectivity index (χ1v) is 6.83. The Bertz CT molecular complexity index is 491. The van der Waals surface area contributed by atoms with Crippen LogP contribution in [0.4, 0.5) is 5.69 Å². The van der Waals surface area contributed by atoms with Crippen LogP contribution >= 0.6 is 15.9 Å². The number of benzene rings is 1. The van der Waals surface area contributed by atoms with Gasteiger partial charge in [0.15, 0.2) is 0 Å². The number of hydrogen-bond acceptors (Lipinski definition) is 2. The van der Waals surface area contributed by atoms with Gasteiger partial charge < -0.3 is 9.64 Å². The summed E-state index contributed by atoms with van der Waals surface area (Å²) in [5.41, 5.74) is 1.94. The molecule has 2 rings (SSSR count). The quantitative estimate of drug-likeness (QED) is 0.734. The minimum Gasteiger partial charge on any atom is -0.491 e. The first-order chi connectivity index (χ1) is 8.30. The van der Waals surface area contributed by atoms with E-state index in [1.807, 2.05) is 6.07 Å². The summed E-state index contributed by atoms with van der Waals surface area (Å²) < 4.78 is 6.79. The normalized spacial score (nSPS) is 16.1. The second kappa shape index (κ2) is 4.57. The number of rotatable bonds is 0. The van der Waals surface area contributed by atoms with Crippen LogP contribution in [-0.4, -0.2) is 19.6 Å². The molecular formula is C14H18BrNO2. The fraction of sp³-hybridized carbons (Fsp3) is 0.500. The van der Waals surface area contributed by atoms with Crippen molar-refractivity contribution in [3.8, 4) is 5.75 Å². The molecule has 0 radical (unpaired) electrons. The number of amides is 1. The molecule has 4 heteroatoms. The zero-order valence-corrected chi connectivity index (χ0v) is 12.8. The molecule has 0 aromatic heterocycles. The molecule has 0 bridgehead atoms. The second-order valence-corrected chi connectivity index (χ2v) is 6.52. The van der Waals surface area contributed by atoms with Gasteiger partial charge in [0.05, 0.1) is 18.7 Å². The molecule has 0 N–H and O–H groups in total. The summed E-state index contributed by atoms with van der Waals surface area (Å²) in [7, 11) is 1.80. The Morgan fingerprint density at radius 2 is 2.00 bits per heavy atom. The number of anilines is 1. The number of fused-ring (bicyclic) bond motifs is 1. The molecule has 0 saturated carbocycles. The molecule has 1 amide bonds. The zero-order valence-electron chi connectivity index (χ0n) is 11.2. The van der Waals surface area contributed by atoms with Gasteiger partial charge in [-0.05, 0) is 17.5 Å². The number of carbonyl (C=O) groups is 1. The molecule has 0 aliphatic carbocycles. The number of nitrogens with zero attached hydrogens (tertiary/aromatic N) is 1. The van der Waals surface area contributed by atoms with E-state index in [0.29, 0.717) is 13.0 Å². The van der Waals surface area contributed by atoms with Gasteiger partial charge in [0.25, 0.3) is 0 Å². The van der Waals surface area contributed by atoms with E-state index in [2.05, 4.69) is 42.8 Å². The monoisotopic (exact) mass is 311 g/mol. The van der Waals surface area contributed by atoms with E-state index in [1.54, 1.807) is 11.9 Å². The lowest BCUT2D eigenvalue weighted by Crippen LogP contribution is -2.25.